The molecule has 0 unspecified atom stereocenters. The van der Waals surface area contributed by atoms with E-state index in [1.807, 2.05) is 6.92 Å². The van der Waals surface area contributed by atoms with Crippen LogP contribution in [-0.4, -0.2) is 35.5 Å². The number of rotatable bonds is 1. The van der Waals surface area contributed by atoms with Gasteiger partial charge in [0.25, 0.3) is 0 Å². The molecule has 2 fully saturated rings. The van der Waals surface area contributed by atoms with Gasteiger partial charge in [0.1, 0.15) is 11.8 Å². The van der Waals surface area contributed by atoms with Crippen LogP contribution in [0.1, 0.15) is 32.6 Å². The van der Waals surface area contributed by atoms with E-state index in [1.54, 1.807) is 12.0 Å². The molecule has 0 saturated carbocycles. The van der Waals surface area contributed by atoms with E-state index in [0.29, 0.717) is 12.8 Å². The van der Waals surface area contributed by atoms with Crippen molar-refractivity contribution < 1.29 is 14.3 Å². The molecule has 0 radical (unpaired) electrons. The van der Waals surface area contributed by atoms with Gasteiger partial charge in [-0.25, -0.2) is 0 Å². The third kappa shape index (κ3) is 1.10. The van der Waals surface area contributed by atoms with Gasteiger partial charge in [0.15, 0.2) is 5.78 Å². The number of hydrogen-bond acceptors (Lipinski definition) is 3. The minimum absolute atomic E-state index is 0.0523. The van der Waals surface area contributed by atoms with E-state index >= 15 is 0 Å². The van der Waals surface area contributed by atoms with Crippen molar-refractivity contribution in [2.45, 2.75) is 44.4 Å². The maximum Gasteiger partial charge on any atom is 0.225 e. The Balaban J connectivity index is 2.33. The van der Waals surface area contributed by atoms with Crippen LogP contribution < -0.4 is 0 Å². The van der Waals surface area contributed by atoms with Crippen LogP contribution in [0.15, 0.2) is 0 Å². The van der Waals surface area contributed by atoms with Crippen molar-refractivity contribution in [2.24, 2.45) is 0 Å². The first-order valence-electron chi connectivity index (χ1n) is 4.98. The van der Waals surface area contributed by atoms with Crippen LogP contribution in [0.5, 0.6) is 0 Å². The average molecular weight is 197 g/mol. The second kappa shape index (κ2) is 3.05. The lowest BCUT2D eigenvalue weighted by atomic mass is 9.87. The van der Waals surface area contributed by atoms with Gasteiger partial charge < -0.3 is 9.64 Å². The van der Waals surface area contributed by atoms with Gasteiger partial charge in [-0.3, -0.25) is 9.59 Å². The molecular formula is C10H15NO3. The minimum atomic E-state index is -0.587. The number of ketones is 1. The number of amides is 1. The first kappa shape index (κ1) is 9.65. The maximum absolute atomic E-state index is 11.8. The predicted molar refractivity (Wildman–Crippen MR) is 49.5 cm³/mol. The molecule has 0 N–H and O–H groups in total. The Labute approximate surface area is 83.2 Å². The summed E-state index contributed by atoms with van der Waals surface area (Å²) in [6.07, 6.45) is 2.04. The molecule has 4 nitrogen and oxygen atoms in total. The average Bonchev–Trinajstić information content (AvgIpc) is 2.52. The summed E-state index contributed by atoms with van der Waals surface area (Å²) >= 11 is 0. The summed E-state index contributed by atoms with van der Waals surface area (Å²) in [7, 11) is 1.59. The summed E-state index contributed by atoms with van der Waals surface area (Å²) in [6.45, 7) is 1.85. The third-order valence-electron chi connectivity index (χ3n) is 3.41. The quantitative estimate of drug-likeness (QED) is 0.621. The number of piperidine rings is 1. The fourth-order valence-corrected chi connectivity index (χ4v) is 2.51. The van der Waals surface area contributed by atoms with Gasteiger partial charge in [-0.05, 0) is 19.8 Å². The summed E-state index contributed by atoms with van der Waals surface area (Å²) < 4.78 is 5.22. The molecule has 2 atom stereocenters. The van der Waals surface area contributed by atoms with E-state index in [4.69, 9.17) is 4.74 Å². The summed E-state index contributed by atoms with van der Waals surface area (Å²) in [5.74, 6) is 0.230. The highest BCUT2D eigenvalue weighted by atomic mass is 16.5. The predicted octanol–water partition coefficient (Wildman–Crippen LogP) is 0.703. The van der Waals surface area contributed by atoms with E-state index in [1.165, 1.54) is 0 Å². The lowest BCUT2D eigenvalue weighted by molar-refractivity contribution is -0.160. The Morgan fingerprint density at radius 1 is 1.43 bits per heavy atom. The molecule has 0 aliphatic carbocycles. The monoisotopic (exact) mass is 197 g/mol. The molecule has 0 bridgehead atoms. The van der Waals surface area contributed by atoms with E-state index in [9.17, 15) is 9.59 Å². The second-order valence-electron chi connectivity index (χ2n) is 4.19. The highest BCUT2D eigenvalue weighted by Gasteiger charge is 2.52. The van der Waals surface area contributed by atoms with Gasteiger partial charge in [-0.2, -0.15) is 0 Å². The lowest BCUT2D eigenvalue weighted by Crippen LogP contribution is -2.57. The van der Waals surface area contributed by atoms with Crippen molar-refractivity contribution in [2.75, 3.05) is 7.11 Å². The smallest absolute Gasteiger partial charge is 0.225 e. The summed E-state index contributed by atoms with van der Waals surface area (Å²) in [6, 6.07) is 0. The number of ether oxygens (including phenoxy) is 1. The Bertz CT molecular complexity index is 289. The van der Waals surface area contributed by atoms with Crippen molar-refractivity contribution >= 4 is 11.7 Å². The highest BCUT2D eigenvalue weighted by molar-refractivity contribution is 5.98. The Morgan fingerprint density at radius 3 is 2.79 bits per heavy atom. The van der Waals surface area contributed by atoms with Crippen LogP contribution in [-0.2, 0) is 14.3 Å². The number of Topliss-reactive ketones (excluding diaryl/α,β-unsaturated/α-hetero) is 1. The van der Waals surface area contributed by atoms with Gasteiger partial charge in [-0.15, -0.1) is 0 Å². The highest BCUT2D eigenvalue weighted by Crippen LogP contribution is 2.39. The van der Waals surface area contributed by atoms with E-state index in [-0.39, 0.29) is 17.9 Å². The fourth-order valence-electron chi connectivity index (χ4n) is 2.51. The molecule has 14 heavy (non-hydrogen) atoms. The van der Waals surface area contributed by atoms with Crippen LogP contribution >= 0.6 is 0 Å². The zero-order valence-electron chi connectivity index (χ0n) is 8.58. The largest absolute Gasteiger partial charge is 0.362 e. The molecule has 2 aliphatic heterocycles. The topological polar surface area (TPSA) is 46.6 Å². The zero-order chi connectivity index (χ0) is 10.3. The SMILES string of the molecule is CO[C@H]1CC[C@@]2(C)C(=O)CCC(=O)N12. The number of methoxy groups -OCH3 is 1. The first-order valence-corrected chi connectivity index (χ1v) is 4.98. The van der Waals surface area contributed by atoms with Gasteiger partial charge in [-0.1, -0.05) is 0 Å². The van der Waals surface area contributed by atoms with Gasteiger partial charge in [0.05, 0.1) is 0 Å². The van der Waals surface area contributed by atoms with Crippen LogP contribution in [0.25, 0.3) is 0 Å². The summed E-state index contributed by atoms with van der Waals surface area (Å²) in [5.41, 5.74) is -0.587. The van der Waals surface area contributed by atoms with Gasteiger partial charge >= 0.3 is 0 Å². The van der Waals surface area contributed by atoms with Crippen LogP contribution in [0.3, 0.4) is 0 Å². The van der Waals surface area contributed by atoms with Crippen molar-refractivity contribution in [1.82, 2.24) is 4.90 Å². The Morgan fingerprint density at radius 2 is 2.14 bits per heavy atom. The molecule has 0 spiro atoms. The van der Waals surface area contributed by atoms with Crippen molar-refractivity contribution in [3.63, 3.8) is 0 Å². The van der Waals surface area contributed by atoms with Gasteiger partial charge in [0.2, 0.25) is 5.91 Å². The molecule has 0 aromatic heterocycles. The van der Waals surface area contributed by atoms with Crippen molar-refractivity contribution in [3.05, 3.63) is 0 Å². The molecule has 2 heterocycles. The van der Waals surface area contributed by atoms with Crippen LogP contribution in [0.2, 0.25) is 0 Å². The zero-order valence-corrected chi connectivity index (χ0v) is 8.58. The minimum Gasteiger partial charge on any atom is -0.362 e. The number of nitrogens with zero attached hydrogens (tertiary/aromatic N) is 1. The molecule has 2 saturated heterocycles. The molecule has 2 aliphatic rings. The molecule has 2 rings (SSSR count). The van der Waals surface area contributed by atoms with E-state index in [2.05, 4.69) is 0 Å². The molecule has 0 aromatic rings. The molecular weight excluding hydrogens is 182 g/mol. The maximum atomic E-state index is 11.8. The van der Waals surface area contributed by atoms with Gasteiger partial charge in [0, 0.05) is 20.0 Å². The molecule has 78 valence electrons. The van der Waals surface area contributed by atoms with Crippen LogP contribution in [0.4, 0.5) is 0 Å². The Kier molecular flexibility index (Phi) is 2.10. The number of fused-ring (bicyclic) bond motifs is 1. The summed E-state index contributed by atoms with van der Waals surface area (Å²) in [4.78, 5) is 25.1. The number of carbonyl (C=O) groups excluding carboxylic acids is 2. The first-order chi connectivity index (χ1) is 6.59. The number of carbonyl (C=O) groups is 2. The normalized spacial score (nSPS) is 37.6. The van der Waals surface area contributed by atoms with E-state index in [0.717, 1.165) is 12.8 Å². The molecule has 4 heteroatoms. The molecule has 1 amide bonds. The number of hydrogen-bond donors (Lipinski definition) is 0. The lowest BCUT2D eigenvalue weighted by Gasteiger charge is -2.40. The molecule has 0 aromatic carbocycles. The Hall–Kier alpha value is -0.900. The van der Waals surface area contributed by atoms with Crippen molar-refractivity contribution in [3.8, 4) is 0 Å². The third-order valence-corrected chi connectivity index (χ3v) is 3.41. The standard InChI is InChI=1S/C10H15NO3/c1-10-6-5-9(14-2)11(10)8(13)4-3-7(10)12/h9H,3-6H2,1-2H3/t9-,10-/m0/s1. The van der Waals surface area contributed by atoms with E-state index < -0.39 is 5.54 Å². The second-order valence-corrected chi connectivity index (χ2v) is 4.19. The van der Waals surface area contributed by atoms with Crippen LogP contribution in [0, 0.1) is 0 Å². The van der Waals surface area contributed by atoms with Crippen molar-refractivity contribution in [1.29, 1.82) is 0 Å². The fraction of sp³-hybridized carbons (Fsp3) is 0.800. The summed E-state index contributed by atoms with van der Waals surface area (Å²) in [5, 5.41) is 0.